The summed E-state index contributed by atoms with van der Waals surface area (Å²) in [6, 6.07) is 0. The van der Waals surface area contributed by atoms with E-state index < -0.39 is 0 Å². The first-order valence-corrected chi connectivity index (χ1v) is 4.52. The lowest BCUT2D eigenvalue weighted by atomic mass is 10.1. The number of rotatable bonds is 4. The van der Waals surface area contributed by atoms with E-state index in [0.29, 0.717) is 0 Å². The summed E-state index contributed by atoms with van der Waals surface area (Å²) in [6.07, 6.45) is 6.73. The maximum absolute atomic E-state index is 5.45. The highest BCUT2D eigenvalue weighted by Gasteiger charge is 2.08. The molecule has 12 heavy (non-hydrogen) atoms. The van der Waals surface area contributed by atoms with Crippen molar-refractivity contribution in [3.63, 3.8) is 0 Å². The maximum atomic E-state index is 5.45. The van der Waals surface area contributed by atoms with Gasteiger partial charge in [0.25, 0.3) is 0 Å². The zero-order valence-corrected chi connectivity index (χ0v) is 7.89. The Morgan fingerprint density at radius 3 is 2.67 bits per heavy atom. The highest BCUT2D eigenvalue weighted by molar-refractivity contribution is 5.29. The molecule has 0 bridgehead atoms. The zero-order valence-electron chi connectivity index (χ0n) is 7.89. The van der Waals surface area contributed by atoms with Crippen molar-refractivity contribution in [2.75, 3.05) is 0 Å². The summed E-state index contributed by atoms with van der Waals surface area (Å²) in [5.74, 6) is 1.09. The summed E-state index contributed by atoms with van der Waals surface area (Å²) in [4.78, 5) is 0. The van der Waals surface area contributed by atoms with Gasteiger partial charge in [-0.25, -0.2) is 0 Å². The maximum Gasteiger partial charge on any atom is 0.110 e. The number of furan rings is 1. The van der Waals surface area contributed by atoms with Crippen molar-refractivity contribution < 1.29 is 4.42 Å². The second-order valence-corrected chi connectivity index (χ2v) is 2.86. The topological polar surface area (TPSA) is 13.1 Å². The van der Waals surface area contributed by atoms with E-state index in [1.165, 1.54) is 11.1 Å². The van der Waals surface area contributed by atoms with Crippen molar-refractivity contribution in [1.29, 1.82) is 0 Å². The molecule has 1 heterocycles. The van der Waals surface area contributed by atoms with E-state index in [2.05, 4.69) is 20.4 Å². The summed E-state index contributed by atoms with van der Waals surface area (Å²) in [5, 5.41) is 0. The summed E-state index contributed by atoms with van der Waals surface area (Å²) >= 11 is 0. The summed E-state index contributed by atoms with van der Waals surface area (Å²) < 4.78 is 5.45. The molecule has 0 aliphatic carbocycles. The standard InChI is InChI=1S/C11H16O/c1-4-7-11-10(6-3)9(5-2)8-12-11/h4,8H,1,5-7H2,2-3H3. The molecule has 0 unspecified atom stereocenters. The van der Waals surface area contributed by atoms with Crippen LogP contribution in [-0.4, -0.2) is 0 Å². The van der Waals surface area contributed by atoms with Crippen molar-refractivity contribution in [3.05, 3.63) is 35.8 Å². The predicted octanol–water partition coefficient (Wildman–Crippen LogP) is 3.13. The third kappa shape index (κ3) is 1.60. The van der Waals surface area contributed by atoms with E-state index in [1.807, 2.05) is 12.3 Å². The van der Waals surface area contributed by atoms with E-state index in [4.69, 9.17) is 4.42 Å². The van der Waals surface area contributed by atoms with E-state index in [-0.39, 0.29) is 0 Å². The zero-order chi connectivity index (χ0) is 8.97. The Hall–Kier alpha value is -0.980. The summed E-state index contributed by atoms with van der Waals surface area (Å²) in [6.45, 7) is 8.02. The van der Waals surface area contributed by atoms with Crippen LogP contribution in [0, 0.1) is 0 Å². The molecule has 1 heteroatoms. The van der Waals surface area contributed by atoms with Gasteiger partial charge >= 0.3 is 0 Å². The molecule has 66 valence electrons. The molecule has 0 aliphatic rings. The molecule has 0 saturated heterocycles. The lowest BCUT2D eigenvalue weighted by Crippen LogP contribution is -1.89. The molecule has 0 fully saturated rings. The lowest BCUT2D eigenvalue weighted by molar-refractivity contribution is 0.517. The molecule has 0 aromatic carbocycles. The molecule has 1 aromatic rings. The van der Waals surface area contributed by atoms with Gasteiger partial charge in [-0.2, -0.15) is 0 Å². The highest BCUT2D eigenvalue weighted by Crippen LogP contribution is 2.19. The van der Waals surface area contributed by atoms with Crippen molar-refractivity contribution in [2.24, 2.45) is 0 Å². The Labute approximate surface area is 74.1 Å². The Morgan fingerprint density at radius 2 is 2.17 bits per heavy atom. The van der Waals surface area contributed by atoms with Crippen LogP contribution in [-0.2, 0) is 19.3 Å². The van der Waals surface area contributed by atoms with Gasteiger partial charge in [0.2, 0.25) is 0 Å². The van der Waals surface area contributed by atoms with Crippen molar-refractivity contribution in [3.8, 4) is 0 Å². The second kappa shape index (κ2) is 4.15. The van der Waals surface area contributed by atoms with Crippen LogP contribution in [0.5, 0.6) is 0 Å². The fourth-order valence-corrected chi connectivity index (χ4v) is 1.49. The van der Waals surface area contributed by atoms with Crippen LogP contribution in [0.3, 0.4) is 0 Å². The van der Waals surface area contributed by atoms with Crippen LogP contribution >= 0.6 is 0 Å². The molecular weight excluding hydrogens is 148 g/mol. The first-order chi connectivity index (χ1) is 5.83. The number of hydrogen-bond acceptors (Lipinski definition) is 1. The smallest absolute Gasteiger partial charge is 0.110 e. The monoisotopic (exact) mass is 164 g/mol. The van der Waals surface area contributed by atoms with E-state index in [9.17, 15) is 0 Å². The molecular formula is C11H16O. The predicted molar refractivity (Wildman–Crippen MR) is 51.4 cm³/mol. The van der Waals surface area contributed by atoms with Crippen LogP contribution in [0.25, 0.3) is 0 Å². The van der Waals surface area contributed by atoms with Crippen molar-refractivity contribution in [1.82, 2.24) is 0 Å². The second-order valence-electron chi connectivity index (χ2n) is 2.86. The van der Waals surface area contributed by atoms with Gasteiger partial charge < -0.3 is 4.42 Å². The first-order valence-electron chi connectivity index (χ1n) is 4.52. The van der Waals surface area contributed by atoms with Crippen LogP contribution in [0.1, 0.15) is 30.7 Å². The van der Waals surface area contributed by atoms with Crippen molar-refractivity contribution in [2.45, 2.75) is 33.1 Å². The minimum Gasteiger partial charge on any atom is -0.468 e. The molecule has 0 spiro atoms. The molecule has 0 radical (unpaired) electrons. The van der Waals surface area contributed by atoms with Gasteiger partial charge in [0.15, 0.2) is 0 Å². The Bertz CT molecular complexity index is 258. The third-order valence-corrected chi connectivity index (χ3v) is 2.13. The van der Waals surface area contributed by atoms with Gasteiger partial charge in [-0.1, -0.05) is 19.9 Å². The van der Waals surface area contributed by atoms with E-state index in [1.54, 1.807) is 0 Å². The molecule has 0 atom stereocenters. The lowest BCUT2D eigenvalue weighted by Gasteiger charge is -1.97. The fourth-order valence-electron chi connectivity index (χ4n) is 1.49. The van der Waals surface area contributed by atoms with Crippen LogP contribution in [0.15, 0.2) is 23.3 Å². The summed E-state index contributed by atoms with van der Waals surface area (Å²) in [7, 11) is 0. The molecule has 1 nitrogen and oxygen atoms in total. The molecule has 0 aliphatic heterocycles. The molecule has 0 amide bonds. The van der Waals surface area contributed by atoms with E-state index in [0.717, 1.165) is 25.0 Å². The Balaban J connectivity index is 2.95. The number of allylic oxidation sites excluding steroid dienone is 1. The van der Waals surface area contributed by atoms with Crippen LogP contribution in [0.2, 0.25) is 0 Å². The Morgan fingerprint density at radius 1 is 1.42 bits per heavy atom. The summed E-state index contributed by atoms with van der Waals surface area (Å²) in [5.41, 5.74) is 2.71. The van der Waals surface area contributed by atoms with Gasteiger partial charge in [-0.15, -0.1) is 6.58 Å². The minimum atomic E-state index is 0.850. The largest absolute Gasteiger partial charge is 0.468 e. The average molecular weight is 164 g/mol. The molecule has 1 aromatic heterocycles. The minimum absolute atomic E-state index is 0.850. The molecule has 0 N–H and O–H groups in total. The third-order valence-electron chi connectivity index (χ3n) is 2.13. The number of hydrogen-bond donors (Lipinski definition) is 0. The normalized spacial score (nSPS) is 10.2. The van der Waals surface area contributed by atoms with Gasteiger partial charge in [0, 0.05) is 6.42 Å². The van der Waals surface area contributed by atoms with Gasteiger partial charge in [0.05, 0.1) is 6.26 Å². The Kier molecular flexibility index (Phi) is 3.15. The molecule has 1 rings (SSSR count). The van der Waals surface area contributed by atoms with Gasteiger partial charge in [-0.05, 0) is 24.0 Å². The first kappa shape index (κ1) is 9.11. The highest BCUT2D eigenvalue weighted by atomic mass is 16.3. The van der Waals surface area contributed by atoms with Gasteiger partial charge in [0.1, 0.15) is 5.76 Å². The number of aryl methyl sites for hydroxylation is 1. The van der Waals surface area contributed by atoms with Crippen LogP contribution in [0.4, 0.5) is 0 Å². The van der Waals surface area contributed by atoms with Crippen molar-refractivity contribution >= 4 is 0 Å². The van der Waals surface area contributed by atoms with E-state index >= 15 is 0 Å². The van der Waals surface area contributed by atoms with Gasteiger partial charge in [-0.3, -0.25) is 0 Å². The quantitative estimate of drug-likeness (QED) is 0.623. The molecule has 0 saturated carbocycles. The van der Waals surface area contributed by atoms with Crippen LogP contribution < -0.4 is 0 Å². The fraction of sp³-hybridized carbons (Fsp3) is 0.455. The SMILES string of the molecule is C=CCc1occ(CC)c1CC. The average Bonchev–Trinajstić information content (AvgIpc) is 2.47.